The predicted molar refractivity (Wildman–Crippen MR) is 114 cm³/mol. The minimum Gasteiger partial charge on any atom is -0.462 e. The molecule has 0 amide bonds. The van der Waals surface area contributed by atoms with E-state index in [1.165, 1.54) is 11.1 Å². The van der Waals surface area contributed by atoms with Gasteiger partial charge in [-0.3, -0.25) is 4.79 Å². The van der Waals surface area contributed by atoms with E-state index in [2.05, 4.69) is 38.1 Å². The van der Waals surface area contributed by atoms with Crippen LogP contribution in [0.1, 0.15) is 71.3 Å². The fourth-order valence-corrected chi connectivity index (χ4v) is 4.05. The topological polar surface area (TPSA) is 56.5 Å². The number of ether oxygens (including phenoxy) is 1. The third-order valence-corrected chi connectivity index (χ3v) is 5.66. The van der Waals surface area contributed by atoms with Crippen LogP contribution < -0.4 is 5.43 Å². The molecule has 1 aliphatic rings. The highest BCUT2D eigenvalue weighted by Gasteiger charge is 2.43. The highest BCUT2D eigenvalue weighted by atomic mass is 16.5. The summed E-state index contributed by atoms with van der Waals surface area (Å²) in [4.78, 5) is 25.3. The quantitative estimate of drug-likeness (QED) is 0.521. The number of carbonyl (C=O) groups excluding carboxylic acids is 1. The zero-order valence-corrected chi connectivity index (χ0v) is 17.2. The fourth-order valence-electron chi connectivity index (χ4n) is 4.05. The van der Waals surface area contributed by atoms with Crippen molar-refractivity contribution in [1.29, 1.82) is 0 Å². The first-order valence-corrected chi connectivity index (χ1v) is 10.4. The van der Waals surface area contributed by atoms with Gasteiger partial charge >= 0.3 is 5.97 Å². The highest BCUT2D eigenvalue weighted by molar-refractivity contribution is 5.94. The molecule has 2 atom stereocenters. The molecule has 1 aromatic heterocycles. The molecule has 1 aliphatic carbocycles. The summed E-state index contributed by atoms with van der Waals surface area (Å²) in [6.07, 6.45) is 2.53. The van der Waals surface area contributed by atoms with E-state index in [0.29, 0.717) is 35.5 Å². The normalized spacial score (nSPS) is 18.0. The van der Waals surface area contributed by atoms with Crippen molar-refractivity contribution in [2.75, 3.05) is 6.61 Å². The molecule has 150 valence electrons. The van der Waals surface area contributed by atoms with Crippen molar-refractivity contribution < 1.29 is 13.9 Å². The van der Waals surface area contributed by atoms with E-state index in [9.17, 15) is 9.59 Å². The number of rotatable bonds is 6. The Hall–Kier alpha value is -2.88. The third kappa shape index (κ3) is 3.71. The maximum absolute atomic E-state index is 13.3. The van der Waals surface area contributed by atoms with Crippen LogP contribution in [-0.4, -0.2) is 12.6 Å². The van der Waals surface area contributed by atoms with Crippen LogP contribution in [0.4, 0.5) is 0 Å². The van der Waals surface area contributed by atoms with Gasteiger partial charge in [0.15, 0.2) is 5.43 Å². The van der Waals surface area contributed by atoms with E-state index >= 15 is 0 Å². The second-order valence-corrected chi connectivity index (χ2v) is 7.81. The molecule has 1 saturated carbocycles. The van der Waals surface area contributed by atoms with Crippen LogP contribution in [0, 0.1) is 6.92 Å². The summed E-state index contributed by atoms with van der Waals surface area (Å²) in [5, 5.41) is 0.454. The zero-order chi connectivity index (χ0) is 20.5. The Morgan fingerprint density at radius 2 is 1.86 bits per heavy atom. The fraction of sp³-hybridized carbons (Fsp3) is 0.360. The van der Waals surface area contributed by atoms with Crippen LogP contribution in [0.15, 0.2) is 51.7 Å². The van der Waals surface area contributed by atoms with E-state index in [1.54, 1.807) is 25.1 Å². The Morgan fingerprint density at radius 1 is 1.10 bits per heavy atom. The molecule has 4 heteroatoms. The lowest BCUT2D eigenvalue weighted by Crippen LogP contribution is -2.14. The van der Waals surface area contributed by atoms with Crippen molar-refractivity contribution >= 4 is 16.9 Å². The molecule has 1 fully saturated rings. The Balaban J connectivity index is 1.75. The average molecular weight is 390 g/mol. The molecule has 4 rings (SSSR count). The van der Waals surface area contributed by atoms with Crippen molar-refractivity contribution in [2.24, 2.45) is 0 Å². The van der Waals surface area contributed by atoms with Gasteiger partial charge in [0, 0.05) is 11.5 Å². The van der Waals surface area contributed by atoms with Crippen molar-refractivity contribution in [3.8, 4) is 0 Å². The second kappa shape index (κ2) is 7.86. The smallest absolute Gasteiger partial charge is 0.338 e. The molecule has 0 bridgehead atoms. The molecule has 4 nitrogen and oxygen atoms in total. The van der Waals surface area contributed by atoms with E-state index in [-0.39, 0.29) is 11.3 Å². The summed E-state index contributed by atoms with van der Waals surface area (Å²) in [6, 6.07) is 13.6. The summed E-state index contributed by atoms with van der Waals surface area (Å²) in [6.45, 7) is 6.21. The number of carbonyl (C=O) groups is 1. The highest BCUT2D eigenvalue weighted by Crippen LogP contribution is 2.55. The summed E-state index contributed by atoms with van der Waals surface area (Å²) in [5.41, 5.74) is 4.18. The van der Waals surface area contributed by atoms with Gasteiger partial charge in [-0.15, -0.1) is 0 Å². The van der Waals surface area contributed by atoms with Gasteiger partial charge in [0.2, 0.25) is 0 Å². The molecular formula is C25H26O4. The van der Waals surface area contributed by atoms with Gasteiger partial charge in [0.25, 0.3) is 0 Å². The predicted octanol–water partition coefficient (Wildman–Crippen LogP) is 5.50. The summed E-state index contributed by atoms with van der Waals surface area (Å²) in [5.74, 6) is 1.03. The van der Waals surface area contributed by atoms with Gasteiger partial charge < -0.3 is 9.15 Å². The Morgan fingerprint density at radius 3 is 2.55 bits per heavy atom. The third-order valence-electron chi connectivity index (χ3n) is 5.66. The van der Waals surface area contributed by atoms with Gasteiger partial charge in [-0.05, 0) is 56.4 Å². The molecule has 0 spiro atoms. The number of hydrogen-bond donors (Lipinski definition) is 0. The minimum absolute atomic E-state index is 0.0243. The maximum atomic E-state index is 13.3. The molecule has 0 radical (unpaired) electrons. The van der Waals surface area contributed by atoms with Gasteiger partial charge in [-0.25, -0.2) is 4.79 Å². The molecule has 1 heterocycles. The first kappa shape index (κ1) is 19.4. The maximum Gasteiger partial charge on any atom is 0.338 e. The Kier molecular flexibility index (Phi) is 5.27. The standard InChI is InChI=1S/C25H26O4/c1-4-6-18-23(26)21-13-17(25(27)28-5-2)11-12-22(21)29-24(18)20-14-19(20)16-9-7-15(3)8-10-16/h7-13,19-20H,4-6,14H2,1-3H3. The van der Waals surface area contributed by atoms with E-state index in [1.807, 2.05) is 0 Å². The molecular weight excluding hydrogens is 364 g/mol. The minimum atomic E-state index is -0.420. The second-order valence-electron chi connectivity index (χ2n) is 7.81. The van der Waals surface area contributed by atoms with Crippen LogP contribution in [0.2, 0.25) is 0 Å². The number of esters is 1. The lowest BCUT2D eigenvalue weighted by Gasteiger charge is -2.11. The molecule has 29 heavy (non-hydrogen) atoms. The molecule has 0 aliphatic heterocycles. The van der Waals surface area contributed by atoms with E-state index < -0.39 is 5.97 Å². The van der Waals surface area contributed by atoms with Gasteiger partial charge in [-0.1, -0.05) is 43.2 Å². The van der Waals surface area contributed by atoms with Gasteiger partial charge in [0.05, 0.1) is 17.6 Å². The van der Waals surface area contributed by atoms with Crippen LogP contribution in [0.3, 0.4) is 0 Å². The molecule has 2 unspecified atom stereocenters. The van der Waals surface area contributed by atoms with Crippen molar-refractivity contribution in [3.05, 3.63) is 80.7 Å². The Bertz CT molecular complexity index is 1110. The lowest BCUT2D eigenvalue weighted by atomic mass is 10.00. The largest absolute Gasteiger partial charge is 0.462 e. The number of fused-ring (bicyclic) bond motifs is 1. The Labute approximate surface area is 170 Å². The molecule has 0 N–H and O–H groups in total. The number of benzene rings is 2. The lowest BCUT2D eigenvalue weighted by molar-refractivity contribution is 0.0526. The van der Waals surface area contributed by atoms with Crippen LogP contribution in [0.5, 0.6) is 0 Å². The SMILES string of the molecule is CCCc1c(C2CC2c2ccc(C)cc2)oc2ccc(C(=O)OCC)cc2c1=O. The van der Waals surface area contributed by atoms with Crippen LogP contribution >= 0.6 is 0 Å². The monoisotopic (exact) mass is 390 g/mol. The van der Waals surface area contributed by atoms with Crippen LogP contribution in [0.25, 0.3) is 11.0 Å². The average Bonchev–Trinajstić information content (AvgIpc) is 3.51. The molecule has 3 aromatic rings. The number of hydrogen-bond acceptors (Lipinski definition) is 4. The van der Waals surface area contributed by atoms with Gasteiger partial charge in [-0.2, -0.15) is 0 Å². The number of aryl methyl sites for hydroxylation is 1. The first-order valence-electron chi connectivity index (χ1n) is 10.4. The molecule has 0 saturated heterocycles. The van der Waals surface area contributed by atoms with Gasteiger partial charge in [0.1, 0.15) is 11.3 Å². The van der Waals surface area contributed by atoms with E-state index in [4.69, 9.17) is 9.15 Å². The summed E-state index contributed by atoms with van der Waals surface area (Å²) in [7, 11) is 0. The van der Waals surface area contributed by atoms with Crippen LogP contribution in [-0.2, 0) is 11.2 Å². The summed E-state index contributed by atoms with van der Waals surface area (Å²) < 4.78 is 11.3. The first-order chi connectivity index (χ1) is 14.0. The van der Waals surface area contributed by atoms with E-state index in [0.717, 1.165) is 24.2 Å². The summed E-state index contributed by atoms with van der Waals surface area (Å²) >= 11 is 0. The van der Waals surface area contributed by atoms with Crippen molar-refractivity contribution in [3.63, 3.8) is 0 Å². The zero-order valence-electron chi connectivity index (χ0n) is 17.2. The molecule has 2 aromatic carbocycles. The van der Waals surface area contributed by atoms with Crippen molar-refractivity contribution in [2.45, 2.75) is 51.9 Å². The van der Waals surface area contributed by atoms with Crippen molar-refractivity contribution in [1.82, 2.24) is 0 Å².